The van der Waals surface area contributed by atoms with Crippen molar-refractivity contribution in [2.45, 2.75) is 26.7 Å². The van der Waals surface area contributed by atoms with Crippen LogP contribution in [0.5, 0.6) is 0 Å². The summed E-state index contributed by atoms with van der Waals surface area (Å²) in [5, 5.41) is 13.6. The van der Waals surface area contributed by atoms with Crippen molar-refractivity contribution in [1.29, 1.82) is 0 Å². The Kier molecular flexibility index (Phi) is 4.62. The van der Waals surface area contributed by atoms with Gasteiger partial charge in [0, 0.05) is 25.9 Å². The van der Waals surface area contributed by atoms with Gasteiger partial charge in [-0.15, -0.1) is 11.3 Å². The summed E-state index contributed by atoms with van der Waals surface area (Å²) in [5.74, 6) is -1.35. The molecule has 0 aliphatic carbocycles. The molecule has 114 valence electrons. The number of likely N-dealkylation sites (tertiary alicyclic amines) is 1. The molecule has 6 nitrogen and oxygen atoms in total. The number of amides is 2. The smallest absolute Gasteiger partial charge is 0.348 e. The molecule has 0 spiro atoms. The van der Waals surface area contributed by atoms with Gasteiger partial charge in [0.2, 0.25) is 11.8 Å². The Balaban J connectivity index is 2.01. The zero-order chi connectivity index (χ0) is 15.6. The maximum Gasteiger partial charge on any atom is 0.348 e. The number of thiophene rings is 1. The third kappa shape index (κ3) is 3.41. The first kappa shape index (κ1) is 15.5. The fourth-order valence-corrected chi connectivity index (χ4v) is 3.28. The SMILES string of the molecule is CC(=O)N1CCC(C(=O)Nc2c(C)csc2C(=O)O)CC1. The summed E-state index contributed by atoms with van der Waals surface area (Å²) in [7, 11) is 0. The molecular weight excluding hydrogens is 292 g/mol. The van der Waals surface area contributed by atoms with Crippen LogP contribution in [0.15, 0.2) is 5.38 Å². The average molecular weight is 310 g/mol. The zero-order valence-electron chi connectivity index (χ0n) is 12.0. The van der Waals surface area contributed by atoms with E-state index in [9.17, 15) is 14.4 Å². The van der Waals surface area contributed by atoms with Crippen molar-refractivity contribution in [3.63, 3.8) is 0 Å². The summed E-state index contributed by atoms with van der Waals surface area (Å²) in [6.07, 6.45) is 1.22. The van der Waals surface area contributed by atoms with Crippen molar-refractivity contribution >= 4 is 34.8 Å². The fourth-order valence-electron chi connectivity index (χ4n) is 2.44. The van der Waals surface area contributed by atoms with Crippen molar-refractivity contribution in [2.24, 2.45) is 5.92 Å². The van der Waals surface area contributed by atoms with Crippen molar-refractivity contribution in [1.82, 2.24) is 4.90 Å². The number of carboxylic acid groups (broad SMARTS) is 1. The monoisotopic (exact) mass is 310 g/mol. The van der Waals surface area contributed by atoms with Crippen molar-refractivity contribution in [3.05, 3.63) is 15.8 Å². The molecule has 7 heteroatoms. The first-order valence-corrected chi connectivity index (χ1v) is 7.66. The predicted octanol–water partition coefficient (Wildman–Crippen LogP) is 1.95. The number of rotatable bonds is 3. The average Bonchev–Trinajstić information content (AvgIpc) is 2.80. The Labute approximate surface area is 126 Å². The molecule has 0 aromatic carbocycles. The molecule has 0 bridgehead atoms. The molecule has 1 fully saturated rings. The van der Waals surface area contributed by atoms with E-state index in [0.717, 1.165) is 16.9 Å². The van der Waals surface area contributed by atoms with Gasteiger partial charge in [-0.1, -0.05) is 0 Å². The molecule has 1 aromatic heterocycles. The van der Waals surface area contributed by atoms with Gasteiger partial charge < -0.3 is 15.3 Å². The van der Waals surface area contributed by atoms with Crippen LogP contribution in [0, 0.1) is 12.8 Å². The summed E-state index contributed by atoms with van der Waals surface area (Å²) in [6.45, 7) is 4.44. The number of anilines is 1. The molecule has 21 heavy (non-hydrogen) atoms. The maximum absolute atomic E-state index is 12.3. The molecule has 0 unspecified atom stereocenters. The Morgan fingerprint density at radius 2 is 1.95 bits per heavy atom. The van der Waals surface area contributed by atoms with Gasteiger partial charge in [0.1, 0.15) is 4.88 Å². The third-order valence-corrected chi connectivity index (χ3v) is 4.81. The van der Waals surface area contributed by atoms with E-state index in [1.54, 1.807) is 17.2 Å². The number of carbonyl (C=O) groups excluding carboxylic acids is 2. The van der Waals surface area contributed by atoms with Crippen LogP contribution < -0.4 is 5.32 Å². The van der Waals surface area contributed by atoms with E-state index in [4.69, 9.17) is 5.11 Å². The molecule has 2 N–H and O–H groups in total. The number of nitrogens with one attached hydrogen (secondary N) is 1. The number of hydrogen-bond acceptors (Lipinski definition) is 4. The third-order valence-electron chi connectivity index (χ3n) is 3.73. The van der Waals surface area contributed by atoms with Crippen LogP contribution in [-0.2, 0) is 9.59 Å². The Morgan fingerprint density at radius 3 is 2.48 bits per heavy atom. The van der Waals surface area contributed by atoms with Crippen LogP contribution in [0.1, 0.15) is 35.0 Å². The molecule has 1 aromatic rings. The zero-order valence-corrected chi connectivity index (χ0v) is 12.8. The van der Waals surface area contributed by atoms with Gasteiger partial charge in [0.25, 0.3) is 0 Å². The van der Waals surface area contributed by atoms with E-state index < -0.39 is 5.97 Å². The lowest BCUT2D eigenvalue weighted by Crippen LogP contribution is -2.40. The molecule has 0 atom stereocenters. The molecule has 0 radical (unpaired) electrons. The minimum absolute atomic E-state index is 0.0238. The summed E-state index contributed by atoms with van der Waals surface area (Å²) in [5.41, 5.74) is 1.15. The van der Waals surface area contributed by atoms with Crippen molar-refractivity contribution in [2.75, 3.05) is 18.4 Å². The van der Waals surface area contributed by atoms with Crippen molar-refractivity contribution in [3.8, 4) is 0 Å². The Bertz CT molecular complexity index is 574. The highest BCUT2D eigenvalue weighted by Crippen LogP contribution is 2.29. The number of carbonyl (C=O) groups is 3. The van der Waals surface area contributed by atoms with E-state index in [2.05, 4.69) is 5.32 Å². The van der Waals surface area contributed by atoms with Crippen LogP contribution in [-0.4, -0.2) is 40.9 Å². The summed E-state index contributed by atoms with van der Waals surface area (Å²) in [6, 6.07) is 0. The Hall–Kier alpha value is -1.89. The number of aromatic carboxylic acids is 1. The second-order valence-corrected chi connectivity index (χ2v) is 6.08. The van der Waals surface area contributed by atoms with Gasteiger partial charge in [0.15, 0.2) is 0 Å². The number of carboxylic acids is 1. The second-order valence-electron chi connectivity index (χ2n) is 5.20. The minimum Gasteiger partial charge on any atom is -0.477 e. The predicted molar refractivity (Wildman–Crippen MR) is 79.6 cm³/mol. The highest BCUT2D eigenvalue weighted by Gasteiger charge is 2.27. The van der Waals surface area contributed by atoms with Crippen LogP contribution in [0.2, 0.25) is 0 Å². The van der Waals surface area contributed by atoms with Gasteiger partial charge in [0.05, 0.1) is 5.69 Å². The first-order chi connectivity index (χ1) is 9.90. The quantitative estimate of drug-likeness (QED) is 0.893. The lowest BCUT2D eigenvalue weighted by Gasteiger charge is -2.30. The van der Waals surface area contributed by atoms with E-state index in [1.165, 1.54) is 6.92 Å². The molecule has 0 saturated carbocycles. The standard InChI is InChI=1S/C14H18N2O4S/c1-8-7-21-12(14(19)20)11(8)15-13(18)10-3-5-16(6-4-10)9(2)17/h7,10H,3-6H2,1-2H3,(H,15,18)(H,19,20). The topological polar surface area (TPSA) is 86.7 Å². The van der Waals surface area contributed by atoms with Crippen LogP contribution >= 0.6 is 11.3 Å². The number of aryl methyl sites for hydroxylation is 1. The summed E-state index contributed by atoms with van der Waals surface area (Å²) >= 11 is 1.11. The van der Waals surface area contributed by atoms with Gasteiger partial charge in [-0.3, -0.25) is 9.59 Å². The second kappa shape index (κ2) is 6.26. The maximum atomic E-state index is 12.3. The lowest BCUT2D eigenvalue weighted by molar-refractivity contribution is -0.132. The van der Waals surface area contributed by atoms with Gasteiger partial charge in [-0.2, -0.15) is 0 Å². The van der Waals surface area contributed by atoms with E-state index in [1.807, 2.05) is 0 Å². The highest BCUT2D eigenvalue weighted by atomic mass is 32.1. The Morgan fingerprint density at radius 1 is 1.33 bits per heavy atom. The largest absolute Gasteiger partial charge is 0.477 e. The van der Waals surface area contributed by atoms with Gasteiger partial charge in [-0.05, 0) is 30.7 Å². The molecule has 2 heterocycles. The summed E-state index contributed by atoms with van der Waals surface area (Å²) in [4.78, 5) is 36.5. The number of nitrogens with zero attached hydrogens (tertiary/aromatic N) is 1. The molecule has 2 rings (SSSR count). The van der Waals surface area contributed by atoms with Gasteiger partial charge in [-0.25, -0.2) is 4.79 Å². The molecule has 1 saturated heterocycles. The van der Waals surface area contributed by atoms with E-state index in [0.29, 0.717) is 31.6 Å². The number of piperidine rings is 1. The van der Waals surface area contributed by atoms with E-state index >= 15 is 0 Å². The minimum atomic E-state index is -1.03. The molecule has 1 aliphatic rings. The molecular formula is C14H18N2O4S. The fraction of sp³-hybridized carbons (Fsp3) is 0.500. The number of hydrogen-bond donors (Lipinski definition) is 2. The normalized spacial score (nSPS) is 15.8. The highest BCUT2D eigenvalue weighted by molar-refractivity contribution is 7.12. The molecule has 2 amide bonds. The summed E-state index contributed by atoms with van der Waals surface area (Å²) < 4.78 is 0. The lowest BCUT2D eigenvalue weighted by atomic mass is 9.95. The van der Waals surface area contributed by atoms with Crippen LogP contribution in [0.3, 0.4) is 0 Å². The van der Waals surface area contributed by atoms with Gasteiger partial charge >= 0.3 is 5.97 Å². The van der Waals surface area contributed by atoms with Crippen LogP contribution in [0.25, 0.3) is 0 Å². The first-order valence-electron chi connectivity index (χ1n) is 6.78. The molecule has 1 aliphatic heterocycles. The van der Waals surface area contributed by atoms with Crippen molar-refractivity contribution < 1.29 is 19.5 Å². The van der Waals surface area contributed by atoms with Crippen LogP contribution in [0.4, 0.5) is 5.69 Å². The van der Waals surface area contributed by atoms with E-state index in [-0.39, 0.29) is 22.6 Å².